The number of amides is 1. The summed E-state index contributed by atoms with van der Waals surface area (Å²) in [6.45, 7) is 1.08. The molecule has 3 heterocycles. The highest BCUT2D eigenvalue weighted by Gasteiger charge is 2.36. The number of aromatic nitrogens is 2. The third-order valence-electron chi connectivity index (χ3n) is 6.59. The zero-order chi connectivity index (χ0) is 19.4. The maximum atomic E-state index is 13.4. The molecule has 6 nitrogen and oxygen atoms in total. The fraction of sp³-hybridized carbons (Fsp3) is 0.435. The minimum Gasteiger partial charge on any atom is -0.349 e. The van der Waals surface area contributed by atoms with Crippen molar-refractivity contribution in [3.8, 4) is 11.3 Å². The molecule has 1 aliphatic heterocycles. The molecular weight excluding hydrogens is 364 g/mol. The van der Waals surface area contributed by atoms with Crippen molar-refractivity contribution in [1.82, 2.24) is 20.8 Å². The van der Waals surface area contributed by atoms with E-state index in [0.717, 1.165) is 54.6 Å². The van der Waals surface area contributed by atoms with Crippen LogP contribution >= 0.6 is 0 Å². The Bertz CT molecular complexity index is 1060. The number of pyridine rings is 1. The van der Waals surface area contributed by atoms with Crippen molar-refractivity contribution >= 4 is 17.0 Å². The van der Waals surface area contributed by atoms with Gasteiger partial charge in [0.1, 0.15) is 0 Å². The Balaban J connectivity index is 1.40. The molecule has 148 valence electrons. The van der Waals surface area contributed by atoms with Crippen molar-refractivity contribution in [2.75, 3.05) is 6.54 Å². The minimum atomic E-state index is -0.0361. The van der Waals surface area contributed by atoms with Gasteiger partial charge in [-0.1, -0.05) is 35.5 Å². The van der Waals surface area contributed by atoms with Gasteiger partial charge in [0.05, 0.1) is 22.3 Å². The van der Waals surface area contributed by atoms with Gasteiger partial charge in [0.15, 0.2) is 0 Å². The zero-order valence-corrected chi connectivity index (χ0v) is 16.2. The molecule has 3 unspecified atom stereocenters. The van der Waals surface area contributed by atoms with E-state index >= 15 is 0 Å². The summed E-state index contributed by atoms with van der Waals surface area (Å²) in [5.74, 6) is 1.03. The van der Waals surface area contributed by atoms with Crippen molar-refractivity contribution in [2.24, 2.45) is 5.92 Å². The van der Waals surface area contributed by atoms with Gasteiger partial charge in [0.25, 0.3) is 11.6 Å². The molecule has 2 bridgehead atoms. The maximum absolute atomic E-state index is 13.4. The highest BCUT2D eigenvalue weighted by atomic mass is 16.5. The Morgan fingerprint density at radius 1 is 1.14 bits per heavy atom. The summed E-state index contributed by atoms with van der Waals surface area (Å²) in [7, 11) is 0. The lowest BCUT2D eigenvalue weighted by atomic mass is 9.86. The number of nitrogens with zero attached hydrogens (tertiary/aromatic N) is 2. The molecule has 3 aromatic rings. The van der Waals surface area contributed by atoms with Crippen LogP contribution in [-0.2, 0) is 0 Å². The van der Waals surface area contributed by atoms with Crippen molar-refractivity contribution in [3.05, 3.63) is 47.7 Å². The molecule has 29 heavy (non-hydrogen) atoms. The van der Waals surface area contributed by atoms with Gasteiger partial charge in [0, 0.05) is 23.6 Å². The van der Waals surface area contributed by atoms with Gasteiger partial charge >= 0.3 is 0 Å². The average Bonchev–Trinajstić information content (AvgIpc) is 3.41. The number of carbonyl (C=O) groups is 1. The van der Waals surface area contributed by atoms with Crippen LogP contribution in [0, 0.1) is 5.92 Å². The summed E-state index contributed by atoms with van der Waals surface area (Å²) in [6, 6.07) is 12.6. The van der Waals surface area contributed by atoms with E-state index in [1.807, 2.05) is 36.4 Å². The first-order chi connectivity index (χ1) is 14.2. The molecule has 0 spiro atoms. The van der Waals surface area contributed by atoms with Crippen molar-refractivity contribution in [1.29, 1.82) is 0 Å². The second-order valence-corrected chi connectivity index (χ2v) is 8.79. The van der Waals surface area contributed by atoms with Crippen LogP contribution in [0.15, 0.2) is 40.9 Å². The van der Waals surface area contributed by atoms with Gasteiger partial charge in [-0.3, -0.25) is 4.79 Å². The first-order valence-electron chi connectivity index (χ1n) is 10.6. The summed E-state index contributed by atoms with van der Waals surface area (Å²) in [5.41, 5.74) is 3.70. The maximum Gasteiger partial charge on any atom is 0.259 e. The quantitative estimate of drug-likeness (QED) is 0.713. The van der Waals surface area contributed by atoms with Crippen LogP contribution in [0.4, 0.5) is 0 Å². The summed E-state index contributed by atoms with van der Waals surface area (Å²) in [4.78, 5) is 18.1. The summed E-state index contributed by atoms with van der Waals surface area (Å²) >= 11 is 0. The van der Waals surface area contributed by atoms with Gasteiger partial charge in [-0.05, 0) is 50.6 Å². The van der Waals surface area contributed by atoms with E-state index in [0.29, 0.717) is 29.2 Å². The molecule has 6 heteroatoms. The number of hydrogen-bond acceptors (Lipinski definition) is 5. The predicted octanol–water partition coefficient (Wildman–Crippen LogP) is 3.64. The molecule has 3 atom stereocenters. The highest BCUT2D eigenvalue weighted by molar-refractivity contribution is 6.07. The van der Waals surface area contributed by atoms with E-state index < -0.39 is 0 Å². The normalized spacial score (nSPS) is 26.0. The molecule has 2 aromatic heterocycles. The SMILES string of the molecule is O=C(NC1CC2CNC(C2)C1)c1cc(-c2ccccc2)nc2onc(C3CC3)c12. The van der Waals surface area contributed by atoms with Crippen molar-refractivity contribution in [2.45, 2.75) is 50.1 Å². The molecule has 2 saturated carbocycles. The Morgan fingerprint density at radius 3 is 2.79 bits per heavy atom. The second-order valence-electron chi connectivity index (χ2n) is 8.79. The minimum absolute atomic E-state index is 0.0361. The molecule has 6 rings (SSSR count). The average molecular weight is 388 g/mol. The van der Waals surface area contributed by atoms with Gasteiger partial charge < -0.3 is 15.2 Å². The number of benzene rings is 1. The topological polar surface area (TPSA) is 80.0 Å². The third kappa shape index (κ3) is 3.12. The fourth-order valence-corrected chi connectivity index (χ4v) is 5.03. The van der Waals surface area contributed by atoms with Crippen LogP contribution in [0.3, 0.4) is 0 Å². The monoisotopic (exact) mass is 388 g/mol. The lowest BCUT2D eigenvalue weighted by Gasteiger charge is -2.27. The summed E-state index contributed by atoms with van der Waals surface area (Å²) in [5, 5.41) is 12.0. The molecule has 1 aromatic carbocycles. The Kier molecular flexibility index (Phi) is 3.94. The van der Waals surface area contributed by atoms with Crippen molar-refractivity contribution < 1.29 is 9.32 Å². The van der Waals surface area contributed by atoms with E-state index in [-0.39, 0.29) is 11.9 Å². The smallest absolute Gasteiger partial charge is 0.259 e. The third-order valence-corrected chi connectivity index (χ3v) is 6.59. The van der Waals surface area contributed by atoms with Gasteiger partial charge in [-0.15, -0.1) is 0 Å². The molecule has 3 fully saturated rings. The number of carbonyl (C=O) groups excluding carboxylic acids is 1. The van der Waals surface area contributed by atoms with E-state index in [1.54, 1.807) is 0 Å². The van der Waals surface area contributed by atoms with Crippen LogP contribution in [0.1, 0.15) is 54.1 Å². The van der Waals surface area contributed by atoms with Gasteiger partial charge in [-0.2, -0.15) is 0 Å². The van der Waals surface area contributed by atoms with Crippen LogP contribution in [-0.4, -0.2) is 34.7 Å². The highest BCUT2D eigenvalue weighted by Crippen LogP contribution is 2.43. The van der Waals surface area contributed by atoms with Crippen LogP contribution in [0.25, 0.3) is 22.4 Å². The zero-order valence-electron chi connectivity index (χ0n) is 16.2. The lowest BCUT2D eigenvalue weighted by Crippen LogP contribution is -2.41. The van der Waals surface area contributed by atoms with E-state index in [4.69, 9.17) is 4.52 Å². The van der Waals surface area contributed by atoms with Gasteiger partial charge in [0.2, 0.25) is 0 Å². The molecular formula is C23H24N4O2. The number of fused-ring (bicyclic) bond motifs is 3. The molecule has 1 amide bonds. The Morgan fingerprint density at radius 2 is 2.00 bits per heavy atom. The van der Waals surface area contributed by atoms with E-state index in [1.165, 1.54) is 6.42 Å². The van der Waals surface area contributed by atoms with Crippen LogP contribution < -0.4 is 10.6 Å². The summed E-state index contributed by atoms with van der Waals surface area (Å²) < 4.78 is 5.59. The largest absolute Gasteiger partial charge is 0.349 e. The Labute approximate surface area is 169 Å². The molecule has 3 aliphatic rings. The Hall–Kier alpha value is -2.73. The fourth-order valence-electron chi connectivity index (χ4n) is 5.03. The number of nitrogens with one attached hydrogen (secondary N) is 2. The van der Waals surface area contributed by atoms with Crippen LogP contribution in [0.2, 0.25) is 0 Å². The first-order valence-corrected chi connectivity index (χ1v) is 10.6. The standard InChI is InChI=1S/C23H24N4O2/c28-22(25-17-9-13-8-16(10-17)24-12-13)18-11-19(14-4-2-1-3-5-14)26-23-20(18)21(27-29-23)15-6-7-15/h1-5,11,13,15-17,24H,6-10,12H2,(H,25,28). The number of rotatable bonds is 4. The molecule has 0 radical (unpaired) electrons. The molecule has 1 saturated heterocycles. The first kappa shape index (κ1) is 17.2. The van der Waals surface area contributed by atoms with Gasteiger partial charge in [-0.25, -0.2) is 4.98 Å². The molecule has 2 aliphatic carbocycles. The second kappa shape index (κ2) is 6.66. The van der Waals surface area contributed by atoms with Crippen LogP contribution in [0.5, 0.6) is 0 Å². The number of hydrogen-bond donors (Lipinski definition) is 2. The lowest BCUT2D eigenvalue weighted by molar-refractivity contribution is 0.0924. The van der Waals surface area contributed by atoms with E-state index in [9.17, 15) is 4.79 Å². The summed E-state index contributed by atoms with van der Waals surface area (Å²) in [6.07, 6.45) is 5.48. The predicted molar refractivity (Wildman–Crippen MR) is 110 cm³/mol. The molecule has 2 N–H and O–H groups in total. The van der Waals surface area contributed by atoms with Crippen molar-refractivity contribution in [3.63, 3.8) is 0 Å². The van der Waals surface area contributed by atoms with E-state index in [2.05, 4.69) is 20.8 Å².